The van der Waals surface area contributed by atoms with Crippen LogP contribution in [0.4, 0.5) is 0 Å². The number of hydrogen-bond acceptors (Lipinski definition) is 6. The first kappa shape index (κ1) is 46.0. The Bertz CT molecular complexity index is 4740. The van der Waals surface area contributed by atoms with Crippen LogP contribution in [-0.2, 0) is 0 Å². The molecule has 0 aliphatic rings. The summed E-state index contributed by atoms with van der Waals surface area (Å²) in [7, 11) is 0. The van der Waals surface area contributed by atoms with Crippen LogP contribution < -0.4 is 0 Å². The number of para-hydroxylation sites is 4. The molecule has 0 spiro atoms. The largest absolute Gasteiger partial charge is 0.308 e. The van der Waals surface area contributed by atoms with Gasteiger partial charge in [0.1, 0.15) is 0 Å². The van der Waals surface area contributed by atoms with Crippen LogP contribution in [0.25, 0.3) is 151 Å². The first-order valence-electron chi connectivity index (χ1n) is 27.1. The summed E-state index contributed by atoms with van der Waals surface area (Å²) >= 11 is 0. The molecule has 0 radical (unpaired) electrons. The predicted octanol–water partition coefficient (Wildman–Crippen LogP) is 17.3. The van der Waals surface area contributed by atoms with Crippen LogP contribution in [0.1, 0.15) is 0 Å². The van der Waals surface area contributed by atoms with Crippen LogP contribution in [0, 0.1) is 0 Å². The lowest BCUT2D eigenvalue weighted by Crippen LogP contribution is -2.01. The van der Waals surface area contributed by atoms with E-state index in [0.717, 1.165) is 99.7 Å². The van der Waals surface area contributed by atoms with E-state index < -0.39 is 0 Å². The van der Waals surface area contributed by atoms with Crippen molar-refractivity contribution < 1.29 is 0 Å². The van der Waals surface area contributed by atoms with Gasteiger partial charge in [0.2, 0.25) is 0 Å². The van der Waals surface area contributed by atoms with Crippen molar-refractivity contribution in [1.82, 2.24) is 43.6 Å². The Hall–Kier alpha value is -11.2. The summed E-state index contributed by atoms with van der Waals surface area (Å²) in [6.45, 7) is 0. The monoisotopic (exact) mass is 1040 g/mol. The second kappa shape index (κ2) is 18.8. The molecule has 9 heteroatoms. The molecule has 81 heavy (non-hydrogen) atoms. The molecular formula is C72H45N9. The molecule has 9 nitrogen and oxygen atoms in total. The Labute approximate surface area is 465 Å². The van der Waals surface area contributed by atoms with Gasteiger partial charge in [0.15, 0.2) is 34.9 Å². The molecule has 0 aliphatic carbocycles. The smallest absolute Gasteiger partial charge is 0.164 e. The molecule has 0 aliphatic heterocycles. The van der Waals surface area contributed by atoms with E-state index in [4.69, 9.17) is 29.9 Å². The molecule has 16 rings (SSSR count). The standard InChI is InChI=1S/C72H45N9/c1-6-22-46(23-7-1)67-73-68(47-24-8-2-9-25-47)76-71(75-67)50-38-42-53(43-39-50)80-59-36-20-17-33-56(59)62-64-61(55-32-16-19-35-58(55)79(64)52-30-14-5-15-31-52)65-63(66(62)80)57-34-18-21-37-60(57)81(65)54-44-40-51(41-45-54)72-77-69(48-26-10-3-11-27-48)74-70(78-72)49-28-12-4-13-29-49/h1-45H. The molecule has 16 aromatic rings. The van der Waals surface area contributed by atoms with Gasteiger partial charge in [0, 0.05) is 82.8 Å². The molecule has 5 heterocycles. The molecule has 0 unspecified atom stereocenters. The van der Waals surface area contributed by atoms with Gasteiger partial charge in [0.05, 0.1) is 33.1 Å². The highest BCUT2D eigenvalue weighted by atomic mass is 15.1. The van der Waals surface area contributed by atoms with Crippen LogP contribution >= 0.6 is 0 Å². The van der Waals surface area contributed by atoms with E-state index in [1.54, 1.807) is 0 Å². The molecule has 0 atom stereocenters. The minimum atomic E-state index is 0.603. The third-order valence-electron chi connectivity index (χ3n) is 15.5. The third-order valence-corrected chi connectivity index (χ3v) is 15.5. The Morgan fingerprint density at radius 3 is 0.667 bits per heavy atom. The van der Waals surface area contributed by atoms with Crippen molar-refractivity contribution in [1.29, 1.82) is 0 Å². The zero-order chi connectivity index (χ0) is 53.4. The van der Waals surface area contributed by atoms with E-state index in [2.05, 4.69) is 165 Å². The summed E-state index contributed by atoms with van der Waals surface area (Å²) in [5.41, 5.74) is 15.3. The molecule has 378 valence electrons. The van der Waals surface area contributed by atoms with Crippen molar-refractivity contribution in [2.75, 3.05) is 0 Å². The molecular weight excluding hydrogens is 991 g/mol. The van der Waals surface area contributed by atoms with E-state index in [9.17, 15) is 0 Å². The number of hydrogen-bond donors (Lipinski definition) is 0. The first-order chi connectivity index (χ1) is 40.2. The Morgan fingerprint density at radius 2 is 0.395 bits per heavy atom. The second-order valence-electron chi connectivity index (χ2n) is 20.2. The van der Waals surface area contributed by atoms with E-state index >= 15 is 0 Å². The van der Waals surface area contributed by atoms with Crippen molar-refractivity contribution in [3.8, 4) is 85.4 Å². The molecule has 11 aromatic carbocycles. The lowest BCUT2D eigenvalue weighted by molar-refractivity contribution is 1.07. The Morgan fingerprint density at radius 1 is 0.185 bits per heavy atom. The van der Waals surface area contributed by atoms with E-state index in [1.165, 1.54) is 16.2 Å². The van der Waals surface area contributed by atoms with Crippen LogP contribution in [-0.4, -0.2) is 43.6 Å². The summed E-state index contributed by atoms with van der Waals surface area (Å²) in [5, 5.41) is 6.97. The molecule has 0 fully saturated rings. The third kappa shape index (κ3) is 7.55. The molecule has 0 N–H and O–H groups in total. The van der Waals surface area contributed by atoms with Crippen molar-refractivity contribution in [2.24, 2.45) is 0 Å². The van der Waals surface area contributed by atoms with E-state index in [1.807, 2.05) is 121 Å². The fraction of sp³-hybridized carbons (Fsp3) is 0. The minimum Gasteiger partial charge on any atom is -0.308 e. The maximum atomic E-state index is 5.10. The van der Waals surface area contributed by atoms with Gasteiger partial charge in [-0.2, -0.15) is 0 Å². The summed E-state index contributed by atoms with van der Waals surface area (Å²) in [4.78, 5) is 30.4. The fourth-order valence-corrected chi connectivity index (χ4v) is 11.9. The maximum absolute atomic E-state index is 5.10. The zero-order valence-corrected chi connectivity index (χ0v) is 43.5. The maximum Gasteiger partial charge on any atom is 0.164 e. The van der Waals surface area contributed by atoms with Gasteiger partial charge < -0.3 is 13.7 Å². The number of nitrogens with zero attached hydrogens (tertiary/aromatic N) is 9. The lowest BCUT2D eigenvalue weighted by Gasteiger charge is -2.14. The number of fused-ring (bicyclic) bond motifs is 12. The van der Waals surface area contributed by atoms with Crippen molar-refractivity contribution >= 4 is 65.4 Å². The van der Waals surface area contributed by atoms with Gasteiger partial charge in [-0.15, -0.1) is 0 Å². The molecule has 0 saturated heterocycles. The lowest BCUT2D eigenvalue weighted by atomic mass is 10.0. The van der Waals surface area contributed by atoms with Gasteiger partial charge in [0.25, 0.3) is 0 Å². The van der Waals surface area contributed by atoms with Crippen LogP contribution in [0.2, 0.25) is 0 Å². The van der Waals surface area contributed by atoms with Crippen LogP contribution in [0.5, 0.6) is 0 Å². The van der Waals surface area contributed by atoms with Crippen LogP contribution in [0.3, 0.4) is 0 Å². The van der Waals surface area contributed by atoms with Crippen molar-refractivity contribution in [3.63, 3.8) is 0 Å². The predicted molar refractivity (Wildman–Crippen MR) is 329 cm³/mol. The number of benzene rings is 11. The summed E-state index contributed by atoms with van der Waals surface area (Å²) in [6, 6.07) is 95.3. The molecule has 0 saturated carbocycles. The fourth-order valence-electron chi connectivity index (χ4n) is 11.9. The first-order valence-corrected chi connectivity index (χ1v) is 27.1. The van der Waals surface area contributed by atoms with Gasteiger partial charge in [-0.05, 0) is 78.9 Å². The molecule has 5 aromatic heterocycles. The highest BCUT2D eigenvalue weighted by Crippen LogP contribution is 2.50. The van der Waals surface area contributed by atoms with Gasteiger partial charge in [-0.3, -0.25) is 0 Å². The summed E-state index contributed by atoms with van der Waals surface area (Å²) < 4.78 is 7.41. The quantitative estimate of drug-likeness (QED) is 0.143. The second-order valence-corrected chi connectivity index (χ2v) is 20.2. The van der Waals surface area contributed by atoms with Crippen molar-refractivity contribution in [2.45, 2.75) is 0 Å². The van der Waals surface area contributed by atoms with Crippen LogP contribution in [0.15, 0.2) is 273 Å². The number of aromatic nitrogens is 9. The average Bonchev–Trinajstić information content (AvgIpc) is 2.38. The molecule has 0 bridgehead atoms. The zero-order valence-electron chi connectivity index (χ0n) is 43.5. The normalized spacial score (nSPS) is 11.7. The highest BCUT2D eigenvalue weighted by molar-refractivity contribution is 6.40. The number of rotatable bonds is 9. The van der Waals surface area contributed by atoms with Gasteiger partial charge in [-0.1, -0.05) is 194 Å². The minimum absolute atomic E-state index is 0.603. The topological polar surface area (TPSA) is 92.1 Å². The summed E-state index contributed by atoms with van der Waals surface area (Å²) in [5.74, 6) is 3.70. The van der Waals surface area contributed by atoms with Gasteiger partial charge in [-0.25, -0.2) is 29.9 Å². The Balaban J connectivity index is 0.961. The summed E-state index contributed by atoms with van der Waals surface area (Å²) in [6.07, 6.45) is 0. The van der Waals surface area contributed by atoms with Gasteiger partial charge >= 0.3 is 0 Å². The van der Waals surface area contributed by atoms with Crippen molar-refractivity contribution in [3.05, 3.63) is 273 Å². The highest BCUT2D eigenvalue weighted by Gasteiger charge is 2.29. The average molecular weight is 1040 g/mol. The van der Waals surface area contributed by atoms with E-state index in [-0.39, 0.29) is 0 Å². The SMILES string of the molecule is c1ccc(-c2nc(-c3ccccc3)nc(-c3ccc(-n4c5ccccc5c5c6c(c7ccccc7n6-c6ccccc6)c6c(c7ccccc7n6-c6ccc(-c7nc(-c8ccccc8)nc(-c8ccccc8)n7)cc6)c54)cc3)n2)cc1. The Kier molecular flexibility index (Phi) is 10.7. The van der Waals surface area contributed by atoms with E-state index in [0.29, 0.717) is 34.9 Å². The molecule has 0 amide bonds.